The van der Waals surface area contributed by atoms with Crippen LogP contribution in [0.4, 0.5) is 0 Å². The normalized spacial score (nSPS) is 18.0. The molecule has 8 rings (SSSR count). The SMILES string of the molecule is BrCc1ccccc1.OC[C@H]1C[C@@H]1c1cncc(OCc2ccccc2)c1.c1ccc(COC[C@H]2C[C@@H]2c2cncc(OCc3ccccc3)c2)cc1. The number of aromatic nitrogens is 2. The molecular formula is C46H47BrN2O4. The number of ether oxygens (including phenoxy) is 3. The molecule has 2 aliphatic carbocycles. The highest BCUT2D eigenvalue weighted by Crippen LogP contribution is 2.48. The smallest absolute Gasteiger partial charge is 0.138 e. The van der Waals surface area contributed by atoms with Gasteiger partial charge in [0.15, 0.2) is 0 Å². The van der Waals surface area contributed by atoms with Gasteiger partial charge in [0.1, 0.15) is 24.7 Å². The molecule has 2 heterocycles. The topological polar surface area (TPSA) is 73.7 Å². The number of pyridine rings is 2. The molecule has 0 radical (unpaired) electrons. The van der Waals surface area contributed by atoms with Crippen molar-refractivity contribution in [1.29, 1.82) is 0 Å². The highest BCUT2D eigenvalue weighted by atomic mass is 79.9. The van der Waals surface area contributed by atoms with Crippen molar-refractivity contribution < 1.29 is 19.3 Å². The van der Waals surface area contributed by atoms with Crippen LogP contribution in [0, 0.1) is 11.8 Å². The van der Waals surface area contributed by atoms with Crippen molar-refractivity contribution in [3.63, 3.8) is 0 Å². The Morgan fingerprint density at radius 3 is 1.36 bits per heavy atom. The van der Waals surface area contributed by atoms with Gasteiger partial charge >= 0.3 is 0 Å². The molecule has 2 saturated carbocycles. The first kappa shape index (κ1) is 37.9. The zero-order valence-electron chi connectivity index (χ0n) is 29.9. The summed E-state index contributed by atoms with van der Waals surface area (Å²) >= 11 is 3.36. The number of hydrogen-bond donors (Lipinski definition) is 1. The zero-order chi connectivity index (χ0) is 36.5. The molecule has 2 aromatic heterocycles. The highest BCUT2D eigenvalue weighted by molar-refractivity contribution is 9.08. The number of nitrogens with zero attached hydrogens (tertiary/aromatic N) is 2. The Kier molecular flexibility index (Phi) is 14.6. The van der Waals surface area contributed by atoms with E-state index in [1.807, 2.05) is 103 Å². The van der Waals surface area contributed by atoms with Crippen LogP contribution in [-0.4, -0.2) is 28.3 Å². The van der Waals surface area contributed by atoms with Crippen LogP contribution in [0.2, 0.25) is 0 Å². The number of hydrogen-bond acceptors (Lipinski definition) is 6. The Morgan fingerprint density at radius 2 is 0.943 bits per heavy atom. The molecule has 4 atom stereocenters. The third-order valence-electron chi connectivity index (χ3n) is 9.34. The third kappa shape index (κ3) is 12.7. The van der Waals surface area contributed by atoms with Crippen LogP contribution in [0.5, 0.6) is 11.5 Å². The van der Waals surface area contributed by atoms with Crippen LogP contribution in [0.25, 0.3) is 0 Å². The second kappa shape index (κ2) is 20.4. The molecule has 0 saturated heterocycles. The van der Waals surface area contributed by atoms with E-state index in [1.54, 1.807) is 12.4 Å². The summed E-state index contributed by atoms with van der Waals surface area (Å²) in [5.74, 6) is 3.62. The lowest BCUT2D eigenvalue weighted by Crippen LogP contribution is -1.99. The van der Waals surface area contributed by atoms with Crippen LogP contribution >= 0.6 is 15.9 Å². The number of aliphatic hydroxyl groups is 1. The second-order valence-electron chi connectivity index (χ2n) is 13.5. The third-order valence-corrected chi connectivity index (χ3v) is 9.99. The van der Waals surface area contributed by atoms with Crippen LogP contribution in [0.15, 0.2) is 158 Å². The molecule has 272 valence electrons. The molecule has 0 bridgehead atoms. The molecule has 0 amide bonds. The fraction of sp³-hybridized carbons (Fsp3) is 0.261. The Bertz CT molecular complexity index is 1910. The van der Waals surface area contributed by atoms with Gasteiger partial charge in [-0.15, -0.1) is 0 Å². The average molecular weight is 772 g/mol. The summed E-state index contributed by atoms with van der Waals surface area (Å²) < 4.78 is 17.5. The van der Waals surface area contributed by atoms with Crippen molar-refractivity contribution in [2.45, 2.75) is 49.8 Å². The minimum Gasteiger partial charge on any atom is -0.487 e. The largest absolute Gasteiger partial charge is 0.487 e. The van der Waals surface area contributed by atoms with Crippen molar-refractivity contribution >= 4 is 15.9 Å². The van der Waals surface area contributed by atoms with Gasteiger partial charge in [0, 0.05) is 24.3 Å². The number of halogens is 1. The van der Waals surface area contributed by atoms with Gasteiger partial charge in [0.25, 0.3) is 0 Å². The van der Waals surface area contributed by atoms with Crippen molar-refractivity contribution in [3.8, 4) is 11.5 Å². The molecule has 2 fully saturated rings. The molecule has 53 heavy (non-hydrogen) atoms. The van der Waals surface area contributed by atoms with Gasteiger partial charge in [-0.3, -0.25) is 9.97 Å². The number of alkyl halides is 1. The first-order chi connectivity index (χ1) is 26.2. The highest BCUT2D eigenvalue weighted by Gasteiger charge is 2.39. The molecule has 6 aromatic rings. The van der Waals surface area contributed by atoms with Crippen molar-refractivity contribution in [1.82, 2.24) is 9.97 Å². The van der Waals surface area contributed by atoms with Crippen LogP contribution < -0.4 is 9.47 Å². The van der Waals surface area contributed by atoms with Crippen molar-refractivity contribution in [2.75, 3.05) is 13.2 Å². The first-order valence-corrected chi connectivity index (χ1v) is 19.4. The predicted octanol–water partition coefficient (Wildman–Crippen LogP) is 10.3. The van der Waals surface area contributed by atoms with Gasteiger partial charge in [-0.25, -0.2) is 0 Å². The molecule has 0 spiro atoms. The maximum absolute atomic E-state index is 9.11. The summed E-state index contributed by atoms with van der Waals surface area (Å²) in [6.45, 7) is 2.87. The van der Waals surface area contributed by atoms with E-state index in [-0.39, 0.29) is 6.61 Å². The van der Waals surface area contributed by atoms with Gasteiger partial charge < -0.3 is 19.3 Å². The van der Waals surface area contributed by atoms with E-state index < -0.39 is 0 Å². The minimum atomic E-state index is 0.264. The van der Waals surface area contributed by atoms with Gasteiger partial charge in [0.2, 0.25) is 0 Å². The summed E-state index contributed by atoms with van der Waals surface area (Å²) in [6.07, 6.45) is 9.57. The summed E-state index contributed by atoms with van der Waals surface area (Å²) in [7, 11) is 0. The van der Waals surface area contributed by atoms with Gasteiger partial charge in [-0.1, -0.05) is 137 Å². The van der Waals surface area contributed by atoms with E-state index in [0.29, 0.717) is 43.5 Å². The lowest BCUT2D eigenvalue weighted by Gasteiger charge is -2.08. The zero-order valence-corrected chi connectivity index (χ0v) is 31.5. The Hall–Kier alpha value is -4.82. The minimum absolute atomic E-state index is 0.264. The Balaban J connectivity index is 0.000000155. The van der Waals surface area contributed by atoms with Crippen LogP contribution in [0.3, 0.4) is 0 Å². The quantitative estimate of drug-likeness (QED) is 0.111. The molecular weight excluding hydrogens is 724 g/mol. The summed E-state index contributed by atoms with van der Waals surface area (Å²) in [5, 5.41) is 10.1. The van der Waals surface area contributed by atoms with E-state index in [0.717, 1.165) is 41.0 Å². The van der Waals surface area contributed by atoms with Crippen LogP contribution in [-0.2, 0) is 29.9 Å². The first-order valence-electron chi connectivity index (χ1n) is 18.2. The Morgan fingerprint density at radius 1 is 0.528 bits per heavy atom. The summed E-state index contributed by atoms with van der Waals surface area (Å²) in [6, 6.07) is 45.0. The summed E-state index contributed by atoms with van der Waals surface area (Å²) in [4.78, 5) is 8.57. The fourth-order valence-electron chi connectivity index (χ4n) is 6.08. The van der Waals surface area contributed by atoms with Gasteiger partial charge in [-0.2, -0.15) is 0 Å². The fourth-order valence-corrected chi connectivity index (χ4v) is 6.46. The summed E-state index contributed by atoms with van der Waals surface area (Å²) in [5.41, 5.74) is 7.28. The van der Waals surface area contributed by atoms with Crippen molar-refractivity contribution in [2.24, 2.45) is 11.8 Å². The number of benzene rings is 4. The van der Waals surface area contributed by atoms with Gasteiger partial charge in [-0.05, 0) is 82.0 Å². The molecule has 6 nitrogen and oxygen atoms in total. The molecule has 2 aliphatic rings. The monoisotopic (exact) mass is 770 g/mol. The predicted molar refractivity (Wildman–Crippen MR) is 214 cm³/mol. The maximum Gasteiger partial charge on any atom is 0.138 e. The lowest BCUT2D eigenvalue weighted by atomic mass is 10.1. The molecule has 4 aromatic carbocycles. The van der Waals surface area contributed by atoms with Crippen molar-refractivity contribution in [3.05, 3.63) is 192 Å². The second-order valence-corrected chi connectivity index (χ2v) is 14.0. The van der Waals surface area contributed by atoms with Gasteiger partial charge in [0.05, 0.1) is 25.6 Å². The number of aliphatic hydroxyl groups excluding tert-OH is 1. The lowest BCUT2D eigenvalue weighted by molar-refractivity contribution is 0.110. The standard InChI is InChI=1S/C23H23NO2.C16H17NO2.C7H7Br/c1-3-7-18(8-4-1)15-25-17-21-12-23(21)20-11-22(14-24-13-20)26-16-19-9-5-2-6-10-19;18-10-14-7-16(14)13-6-15(9-17-8-13)19-11-12-4-2-1-3-5-12;8-6-7-4-2-1-3-5-7/h1-11,13-14,21,23H,12,15-17H2;1-6,8-9,14,16,18H,7,10-11H2;1-5H,6H2/t21-,23-;14-,16-;/m11./s1. The molecule has 0 aliphatic heterocycles. The molecule has 7 heteroatoms. The van der Waals surface area contributed by atoms with Crippen LogP contribution in [0.1, 0.15) is 58.1 Å². The van der Waals surface area contributed by atoms with E-state index in [9.17, 15) is 0 Å². The van der Waals surface area contributed by atoms with E-state index in [2.05, 4.69) is 68.4 Å². The Labute approximate surface area is 322 Å². The van der Waals surface area contributed by atoms with E-state index in [4.69, 9.17) is 19.3 Å². The number of rotatable bonds is 14. The average Bonchev–Trinajstić information content (AvgIpc) is 4.18. The maximum atomic E-state index is 9.11. The molecule has 1 N–H and O–H groups in total. The van der Waals surface area contributed by atoms with E-state index >= 15 is 0 Å². The molecule has 0 unspecified atom stereocenters. The van der Waals surface area contributed by atoms with E-state index in [1.165, 1.54) is 28.7 Å².